The van der Waals surface area contributed by atoms with E-state index in [4.69, 9.17) is 11.6 Å². The van der Waals surface area contributed by atoms with Gasteiger partial charge in [0.1, 0.15) is 0 Å². The normalized spacial score (nSPS) is 10.3. The SMILES string of the molecule is Clc1cc(Br)ccc1NCCSc1ccccc1. The minimum absolute atomic E-state index is 0.745. The maximum absolute atomic E-state index is 6.13. The molecular weight excluding hydrogens is 330 g/mol. The molecule has 0 aliphatic rings. The van der Waals surface area contributed by atoms with Crippen molar-refractivity contribution in [3.63, 3.8) is 0 Å². The highest BCUT2D eigenvalue weighted by Crippen LogP contribution is 2.25. The fraction of sp³-hybridized carbons (Fsp3) is 0.143. The number of halogens is 2. The Labute approximate surface area is 125 Å². The molecule has 1 N–H and O–H groups in total. The van der Waals surface area contributed by atoms with Crippen molar-refractivity contribution in [3.8, 4) is 0 Å². The topological polar surface area (TPSA) is 12.0 Å². The maximum Gasteiger partial charge on any atom is 0.0648 e. The molecule has 0 heterocycles. The predicted molar refractivity (Wildman–Crippen MR) is 84.8 cm³/mol. The summed E-state index contributed by atoms with van der Waals surface area (Å²) in [5.41, 5.74) is 0.980. The number of benzene rings is 2. The van der Waals surface area contributed by atoms with Crippen LogP contribution in [0, 0.1) is 0 Å². The average molecular weight is 343 g/mol. The number of hydrogen-bond acceptors (Lipinski definition) is 2. The Balaban J connectivity index is 1.79. The Morgan fingerprint density at radius 3 is 2.61 bits per heavy atom. The Hall–Kier alpha value is -0.640. The van der Waals surface area contributed by atoms with E-state index in [1.165, 1.54) is 4.90 Å². The maximum atomic E-state index is 6.13. The van der Waals surface area contributed by atoms with Crippen LogP contribution in [0.5, 0.6) is 0 Å². The highest BCUT2D eigenvalue weighted by atomic mass is 79.9. The zero-order valence-electron chi connectivity index (χ0n) is 9.70. The Morgan fingerprint density at radius 1 is 1.11 bits per heavy atom. The van der Waals surface area contributed by atoms with E-state index >= 15 is 0 Å². The molecule has 0 fully saturated rings. The Kier molecular flexibility index (Phi) is 5.42. The number of hydrogen-bond donors (Lipinski definition) is 1. The summed E-state index contributed by atoms with van der Waals surface area (Å²) in [7, 11) is 0. The first-order chi connectivity index (χ1) is 8.75. The summed E-state index contributed by atoms with van der Waals surface area (Å²) in [6.07, 6.45) is 0. The third-order valence-corrected chi connectivity index (χ3v) is 4.18. The molecule has 94 valence electrons. The van der Waals surface area contributed by atoms with Gasteiger partial charge in [-0.25, -0.2) is 0 Å². The second-order valence-corrected chi connectivity index (χ2v) is 6.20. The van der Waals surface area contributed by atoms with E-state index in [2.05, 4.69) is 45.5 Å². The average Bonchev–Trinajstić information content (AvgIpc) is 2.38. The highest BCUT2D eigenvalue weighted by Gasteiger charge is 2.00. The van der Waals surface area contributed by atoms with Gasteiger partial charge in [0.15, 0.2) is 0 Å². The van der Waals surface area contributed by atoms with E-state index in [0.717, 1.165) is 27.5 Å². The molecule has 0 amide bonds. The lowest BCUT2D eigenvalue weighted by Gasteiger charge is -2.08. The van der Waals surface area contributed by atoms with E-state index in [-0.39, 0.29) is 0 Å². The van der Waals surface area contributed by atoms with E-state index < -0.39 is 0 Å². The molecule has 2 aromatic rings. The van der Waals surface area contributed by atoms with Gasteiger partial charge in [0.05, 0.1) is 10.7 Å². The van der Waals surface area contributed by atoms with Crippen molar-refractivity contribution >= 4 is 45.0 Å². The van der Waals surface area contributed by atoms with Crippen LogP contribution in [0.25, 0.3) is 0 Å². The van der Waals surface area contributed by atoms with Crippen molar-refractivity contribution < 1.29 is 0 Å². The van der Waals surface area contributed by atoms with Gasteiger partial charge in [-0.2, -0.15) is 0 Å². The largest absolute Gasteiger partial charge is 0.383 e. The van der Waals surface area contributed by atoms with Crippen molar-refractivity contribution in [2.45, 2.75) is 4.90 Å². The number of nitrogens with one attached hydrogen (secondary N) is 1. The molecule has 0 bridgehead atoms. The van der Waals surface area contributed by atoms with Crippen LogP contribution in [-0.2, 0) is 0 Å². The summed E-state index contributed by atoms with van der Waals surface area (Å²) in [5.74, 6) is 1.01. The smallest absolute Gasteiger partial charge is 0.0648 e. The highest BCUT2D eigenvalue weighted by molar-refractivity contribution is 9.10. The van der Waals surface area contributed by atoms with Crippen LogP contribution < -0.4 is 5.32 Å². The molecule has 18 heavy (non-hydrogen) atoms. The van der Waals surface area contributed by atoms with Crippen LogP contribution in [0.15, 0.2) is 57.9 Å². The van der Waals surface area contributed by atoms with Gasteiger partial charge in [0.25, 0.3) is 0 Å². The second kappa shape index (κ2) is 7.07. The van der Waals surface area contributed by atoms with Crippen molar-refractivity contribution in [1.29, 1.82) is 0 Å². The molecule has 0 atom stereocenters. The molecule has 2 aromatic carbocycles. The first-order valence-corrected chi connectivity index (χ1v) is 7.78. The molecule has 0 unspecified atom stereocenters. The fourth-order valence-electron chi connectivity index (χ4n) is 1.50. The lowest BCUT2D eigenvalue weighted by Crippen LogP contribution is -2.04. The molecule has 2 rings (SSSR count). The summed E-state index contributed by atoms with van der Waals surface area (Å²) in [4.78, 5) is 1.29. The van der Waals surface area contributed by atoms with Crippen molar-refractivity contribution in [2.75, 3.05) is 17.6 Å². The summed E-state index contributed by atoms with van der Waals surface area (Å²) in [6, 6.07) is 16.3. The van der Waals surface area contributed by atoms with E-state index in [9.17, 15) is 0 Å². The van der Waals surface area contributed by atoms with Gasteiger partial charge in [0, 0.05) is 21.7 Å². The quantitative estimate of drug-likeness (QED) is 0.584. The zero-order chi connectivity index (χ0) is 12.8. The van der Waals surface area contributed by atoms with Gasteiger partial charge >= 0.3 is 0 Å². The minimum atomic E-state index is 0.745. The van der Waals surface area contributed by atoms with Gasteiger partial charge in [-0.05, 0) is 30.3 Å². The molecule has 4 heteroatoms. The molecular formula is C14H13BrClNS. The number of anilines is 1. The monoisotopic (exact) mass is 341 g/mol. The van der Waals surface area contributed by atoms with Gasteiger partial charge in [-0.1, -0.05) is 45.7 Å². The van der Waals surface area contributed by atoms with Crippen molar-refractivity contribution in [3.05, 3.63) is 58.0 Å². The molecule has 0 aliphatic heterocycles. The third-order valence-electron chi connectivity index (χ3n) is 2.36. The van der Waals surface area contributed by atoms with Gasteiger partial charge in [0.2, 0.25) is 0 Å². The molecule has 0 spiro atoms. The van der Waals surface area contributed by atoms with Crippen LogP contribution in [0.3, 0.4) is 0 Å². The molecule has 0 saturated heterocycles. The van der Waals surface area contributed by atoms with Crippen LogP contribution in [0.4, 0.5) is 5.69 Å². The van der Waals surface area contributed by atoms with E-state index in [1.54, 1.807) is 0 Å². The first-order valence-electron chi connectivity index (χ1n) is 5.62. The lowest BCUT2D eigenvalue weighted by molar-refractivity contribution is 1.22. The molecule has 0 saturated carbocycles. The Morgan fingerprint density at radius 2 is 1.89 bits per heavy atom. The van der Waals surface area contributed by atoms with Gasteiger partial charge in [-0.3, -0.25) is 0 Å². The van der Waals surface area contributed by atoms with Crippen LogP contribution in [0.2, 0.25) is 5.02 Å². The van der Waals surface area contributed by atoms with Crippen LogP contribution >= 0.6 is 39.3 Å². The predicted octanol–water partition coefficient (Wildman–Crippen LogP) is 5.31. The number of rotatable bonds is 5. The Bertz CT molecular complexity index is 504. The second-order valence-electron chi connectivity index (χ2n) is 3.71. The van der Waals surface area contributed by atoms with Crippen molar-refractivity contribution in [1.82, 2.24) is 0 Å². The third kappa shape index (κ3) is 4.23. The molecule has 0 radical (unpaired) electrons. The minimum Gasteiger partial charge on any atom is -0.383 e. The van der Waals surface area contributed by atoms with Crippen LogP contribution in [-0.4, -0.2) is 12.3 Å². The van der Waals surface area contributed by atoms with Crippen molar-refractivity contribution in [2.24, 2.45) is 0 Å². The summed E-state index contributed by atoms with van der Waals surface area (Å²) >= 11 is 11.4. The summed E-state index contributed by atoms with van der Waals surface area (Å²) in [5, 5.41) is 4.08. The first kappa shape index (κ1) is 13.8. The van der Waals surface area contributed by atoms with Gasteiger partial charge in [-0.15, -0.1) is 11.8 Å². The summed E-state index contributed by atoms with van der Waals surface area (Å²) < 4.78 is 0.997. The zero-order valence-corrected chi connectivity index (χ0v) is 12.9. The van der Waals surface area contributed by atoms with E-state index in [0.29, 0.717) is 0 Å². The molecule has 1 nitrogen and oxygen atoms in total. The molecule has 0 aliphatic carbocycles. The lowest BCUT2D eigenvalue weighted by atomic mass is 10.3. The fourth-order valence-corrected chi connectivity index (χ4v) is 3.03. The standard InChI is InChI=1S/C14H13BrClNS/c15-11-6-7-14(13(16)10-11)17-8-9-18-12-4-2-1-3-5-12/h1-7,10,17H,8-9H2. The van der Waals surface area contributed by atoms with E-state index in [1.807, 2.05) is 36.0 Å². The molecule has 0 aromatic heterocycles. The van der Waals surface area contributed by atoms with Gasteiger partial charge < -0.3 is 5.32 Å². The van der Waals surface area contributed by atoms with Crippen LogP contribution in [0.1, 0.15) is 0 Å². The number of thioether (sulfide) groups is 1. The summed E-state index contributed by atoms with van der Waals surface area (Å²) in [6.45, 7) is 0.890.